The van der Waals surface area contributed by atoms with E-state index in [2.05, 4.69) is 25.4 Å². The Kier molecular flexibility index (Phi) is 8.77. The third-order valence-electron chi connectivity index (χ3n) is 5.35. The molecule has 34 heavy (non-hydrogen) atoms. The van der Waals surface area contributed by atoms with Gasteiger partial charge in [0.25, 0.3) is 5.91 Å². The molecule has 12 heteroatoms. The number of amides is 2. The zero-order valence-corrected chi connectivity index (χ0v) is 20.3. The maximum Gasteiger partial charge on any atom is 0.328 e. The predicted molar refractivity (Wildman–Crippen MR) is 129 cm³/mol. The molecule has 184 valence electrons. The molecule has 0 bridgehead atoms. The lowest BCUT2D eigenvalue weighted by atomic mass is 10.1. The largest absolute Gasteiger partial charge is 0.480 e. The molecule has 11 nitrogen and oxygen atoms in total. The van der Waals surface area contributed by atoms with Crippen molar-refractivity contribution < 1.29 is 24.2 Å². The summed E-state index contributed by atoms with van der Waals surface area (Å²) in [6, 6.07) is 2.71. The number of carbonyl (C=O) groups excluding carboxylic acids is 2. The van der Waals surface area contributed by atoms with Crippen LogP contribution in [0.5, 0.6) is 0 Å². The molecule has 0 radical (unpaired) electrons. The molecular formula is C22H30N6O5S. The number of thiazole rings is 1. The van der Waals surface area contributed by atoms with Gasteiger partial charge in [-0.15, -0.1) is 0 Å². The topological polar surface area (TPSA) is 137 Å². The lowest BCUT2D eigenvalue weighted by Crippen LogP contribution is -2.49. The number of hydrogen-bond donors (Lipinski definition) is 3. The molecule has 1 aliphatic heterocycles. The quantitative estimate of drug-likeness (QED) is 0.444. The highest BCUT2D eigenvalue weighted by molar-refractivity contribution is 7.17. The molecule has 0 aliphatic carbocycles. The fourth-order valence-electron chi connectivity index (χ4n) is 3.56. The van der Waals surface area contributed by atoms with Gasteiger partial charge in [-0.05, 0) is 18.1 Å². The van der Waals surface area contributed by atoms with Gasteiger partial charge in [0.05, 0.1) is 5.69 Å². The molecule has 1 fully saturated rings. The number of rotatable bonds is 10. The Morgan fingerprint density at radius 3 is 2.38 bits per heavy atom. The highest BCUT2D eigenvalue weighted by atomic mass is 32.1. The molecule has 2 aromatic rings. The summed E-state index contributed by atoms with van der Waals surface area (Å²) in [6.07, 6.45) is 3.56. The van der Waals surface area contributed by atoms with Crippen LogP contribution in [0.25, 0.3) is 0 Å². The fraction of sp³-hybridized carbons (Fsp3) is 0.500. The Balaban J connectivity index is 1.66. The van der Waals surface area contributed by atoms with E-state index in [4.69, 9.17) is 9.72 Å². The van der Waals surface area contributed by atoms with Gasteiger partial charge in [0.2, 0.25) is 5.91 Å². The second-order valence-corrected chi connectivity index (χ2v) is 9.12. The molecule has 3 rings (SSSR count). The number of carbonyl (C=O) groups is 3. The number of nitrogens with zero attached hydrogens (tertiary/aromatic N) is 4. The summed E-state index contributed by atoms with van der Waals surface area (Å²) >= 11 is 1.30. The first-order valence-corrected chi connectivity index (χ1v) is 11.8. The Morgan fingerprint density at radius 1 is 1.15 bits per heavy atom. The lowest BCUT2D eigenvalue weighted by molar-refractivity contribution is -0.142. The smallest absolute Gasteiger partial charge is 0.328 e. The molecule has 0 aromatic carbocycles. The van der Waals surface area contributed by atoms with Gasteiger partial charge in [-0.2, -0.15) is 0 Å². The highest BCUT2D eigenvalue weighted by Crippen LogP contribution is 2.31. The third kappa shape index (κ3) is 6.41. The van der Waals surface area contributed by atoms with Crippen LogP contribution >= 0.6 is 11.3 Å². The zero-order valence-electron chi connectivity index (χ0n) is 19.5. The number of carboxylic acids is 1. The van der Waals surface area contributed by atoms with E-state index in [0.29, 0.717) is 10.6 Å². The van der Waals surface area contributed by atoms with Gasteiger partial charge in [0, 0.05) is 57.9 Å². The summed E-state index contributed by atoms with van der Waals surface area (Å²) in [7, 11) is 1.34. The van der Waals surface area contributed by atoms with Crippen LogP contribution in [0.15, 0.2) is 24.5 Å². The minimum atomic E-state index is -1.26. The molecule has 3 N–H and O–H groups in total. The van der Waals surface area contributed by atoms with Crippen LogP contribution in [0.1, 0.15) is 35.1 Å². The number of aliphatic carboxylic acids is 1. The SMILES string of the molecule is COCC(=O)N[C@@H](CNC(=O)c1sc(N2CCN(c3ccncc3)CC2)nc1C(C)C)C(=O)O. The molecule has 1 atom stereocenters. The van der Waals surface area contributed by atoms with Gasteiger partial charge in [-0.25, -0.2) is 9.78 Å². The third-order valence-corrected chi connectivity index (χ3v) is 6.48. The first kappa shape index (κ1) is 25.4. The van der Waals surface area contributed by atoms with Crippen molar-refractivity contribution in [2.45, 2.75) is 25.8 Å². The maximum absolute atomic E-state index is 12.9. The van der Waals surface area contributed by atoms with E-state index in [9.17, 15) is 19.5 Å². The molecule has 2 aromatic heterocycles. The van der Waals surface area contributed by atoms with Gasteiger partial charge in [-0.1, -0.05) is 25.2 Å². The van der Waals surface area contributed by atoms with E-state index in [0.717, 1.165) is 37.0 Å². The van der Waals surface area contributed by atoms with Gasteiger partial charge in [-0.3, -0.25) is 14.6 Å². The Bertz CT molecular complexity index is 991. The Hall–Kier alpha value is -3.25. The molecule has 2 amide bonds. The number of anilines is 2. The van der Waals surface area contributed by atoms with E-state index < -0.39 is 23.8 Å². The molecule has 1 aliphatic rings. The monoisotopic (exact) mass is 490 g/mol. The van der Waals surface area contributed by atoms with E-state index in [1.165, 1.54) is 18.4 Å². The van der Waals surface area contributed by atoms with E-state index in [-0.39, 0.29) is 19.1 Å². The second-order valence-electron chi connectivity index (χ2n) is 8.15. The molecule has 0 saturated carbocycles. The van der Waals surface area contributed by atoms with Crippen LogP contribution < -0.4 is 20.4 Å². The summed E-state index contributed by atoms with van der Waals surface area (Å²) < 4.78 is 4.70. The van der Waals surface area contributed by atoms with Crippen molar-refractivity contribution in [2.75, 3.05) is 56.2 Å². The Labute approximate surface area is 202 Å². The predicted octanol–water partition coefficient (Wildman–Crippen LogP) is 0.934. The van der Waals surface area contributed by atoms with E-state index >= 15 is 0 Å². The number of aromatic nitrogens is 2. The molecule has 0 unspecified atom stereocenters. The molecule has 3 heterocycles. The first-order chi connectivity index (χ1) is 16.3. The van der Waals surface area contributed by atoms with Gasteiger partial charge in [0.1, 0.15) is 17.5 Å². The maximum atomic E-state index is 12.9. The minimum absolute atomic E-state index is 0.0144. The van der Waals surface area contributed by atoms with Crippen molar-refractivity contribution in [3.63, 3.8) is 0 Å². The van der Waals surface area contributed by atoms with Crippen molar-refractivity contribution in [2.24, 2.45) is 0 Å². The van der Waals surface area contributed by atoms with Crippen LogP contribution in [0.4, 0.5) is 10.8 Å². The fourth-order valence-corrected chi connectivity index (χ4v) is 4.75. The summed E-state index contributed by atoms with van der Waals surface area (Å²) in [4.78, 5) is 49.8. The van der Waals surface area contributed by atoms with Crippen molar-refractivity contribution >= 4 is 39.9 Å². The first-order valence-electron chi connectivity index (χ1n) is 11.0. The molecule has 0 spiro atoms. The van der Waals surface area contributed by atoms with Crippen molar-refractivity contribution in [1.29, 1.82) is 0 Å². The minimum Gasteiger partial charge on any atom is -0.480 e. The van der Waals surface area contributed by atoms with E-state index in [1.54, 1.807) is 12.4 Å². The highest BCUT2D eigenvalue weighted by Gasteiger charge is 2.27. The zero-order chi connectivity index (χ0) is 24.7. The number of ether oxygens (including phenoxy) is 1. The van der Waals surface area contributed by atoms with Crippen LogP contribution in [0, 0.1) is 0 Å². The summed E-state index contributed by atoms with van der Waals surface area (Å²) in [5, 5.41) is 15.1. The number of carboxylic acid groups (broad SMARTS) is 1. The normalized spacial score (nSPS) is 14.7. The summed E-state index contributed by atoms with van der Waals surface area (Å²) in [5.74, 6) is -2.21. The van der Waals surface area contributed by atoms with Crippen LogP contribution in [0.2, 0.25) is 0 Å². The number of nitrogens with one attached hydrogen (secondary N) is 2. The van der Waals surface area contributed by atoms with Crippen LogP contribution in [-0.2, 0) is 14.3 Å². The summed E-state index contributed by atoms with van der Waals surface area (Å²) in [6.45, 7) is 6.58. The molecular weight excluding hydrogens is 460 g/mol. The van der Waals surface area contributed by atoms with E-state index in [1.807, 2.05) is 26.0 Å². The standard InChI is InChI=1S/C22H30N6O5S/c1-14(2)18-19(20(30)24-12-16(21(31)32)25-17(29)13-33-3)34-22(26-18)28-10-8-27(9-11-28)15-4-6-23-7-5-15/h4-7,14,16H,8-13H2,1-3H3,(H,24,30)(H,25,29)(H,31,32)/t16-/m0/s1. The second kappa shape index (κ2) is 11.7. The average molecular weight is 491 g/mol. The van der Waals surface area contributed by atoms with Gasteiger partial charge >= 0.3 is 5.97 Å². The lowest BCUT2D eigenvalue weighted by Gasteiger charge is -2.35. The number of pyridine rings is 1. The van der Waals surface area contributed by atoms with Gasteiger partial charge < -0.3 is 30.3 Å². The number of methoxy groups -OCH3 is 1. The number of hydrogen-bond acceptors (Lipinski definition) is 9. The van der Waals surface area contributed by atoms with Crippen molar-refractivity contribution in [3.05, 3.63) is 35.1 Å². The Morgan fingerprint density at radius 2 is 1.79 bits per heavy atom. The summed E-state index contributed by atoms with van der Waals surface area (Å²) in [5.41, 5.74) is 1.80. The van der Waals surface area contributed by atoms with Crippen molar-refractivity contribution in [3.8, 4) is 0 Å². The average Bonchev–Trinajstić information content (AvgIpc) is 3.28. The van der Waals surface area contributed by atoms with Crippen molar-refractivity contribution in [1.82, 2.24) is 20.6 Å². The van der Waals surface area contributed by atoms with Crippen LogP contribution in [-0.4, -0.2) is 85.3 Å². The molecule has 1 saturated heterocycles. The van der Waals surface area contributed by atoms with Crippen LogP contribution in [0.3, 0.4) is 0 Å². The number of piperazine rings is 1. The van der Waals surface area contributed by atoms with Gasteiger partial charge in [0.15, 0.2) is 5.13 Å².